The number of likely N-dealkylation sites (N-methyl/N-ethyl adjacent to an activating group) is 1. The number of hydrogen-bond donors (Lipinski definition) is 1. The molecule has 0 bridgehead atoms. The summed E-state index contributed by atoms with van der Waals surface area (Å²) in [6.07, 6.45) is 0. The zero-order valence-electron chi connectivity index (χ0n) is 11.9. The molecule has 0 aliphatic heterocycles. The van der Waals surface area contributed by atoms with E-state index in [4.69, 9.17) is 0 Å². The summed E-state index contributed by atoms with van der Waals surface area (Å²) >= 11 is 0. The quantitative estimate of drug-likeness (QED) is 0.752. The van der Waals surface area contributed by atoms with E-state index in [2.05, 4.69) is 47.8 Å². The van der Waals surface area contributed by atoms with Crippen LogP contribution in [0.25, 0.3) is 0 Å². The molecule has 0 aliphatic rings. The fourth-order valence-corrected chi connectivity index (χ4v) is 1.61. The topological polar surface area (TPSA) is 41.0 Å². The van der Waals surface area contributed by atoms with Gasteiger partial charge in [-0.25, -0.2) is 0 Å². The normalized spacial score (nSPS) is 10.7. The summed E-state index contributed by atoms with van der Waals surface area (Å²) in [5.74, 6) is 0.911. The molecule has 0 saturated carbocycles. The molecule has 1 aromatic heterocycles. The summed E-state index contributed by atoms with van der Waals surface area (Å²) in [4.78, 5) is 2.16. The predicted molar refractivity (Wildman–Crippen MR) is 76.7 cm³/mol. The predicted octanol–water partition coefficient (Wildman–Crippen LogP) is 2.38. The maximum atomic E-state index is 4.28. The van der Waals surface area contributed by atoms with Gasteiger partial charge in [-0.1, -0.05) is 26.0 Å². The molecule has 0 amide bonds. The molecule has 100 valence electrons. The van der Waals surface area contributed by atoms with Gasteiger partial charge in [0.1, 0.15) is 0 Å². The van der Waals surface area contributed by atoms with Crippen molar-refractivity contribution < 1.29 is 0 Å². The van der Waals surface area contributed by atoms with Crippen LogP contribution in [0.15, 0.2) is 24.3 Å². The molecule has 0 unspecified atom stereocenters. The Bertz CT molecular complexity index is 370. The number of anilines is 1. The lowest BCUT2D eigenvalue weighted by Crippen LogP contribution is -2.26. The summed E-state index contributed by atoms with van der Waals surface area (Å²) < 4.78 is 0. The van der Waals surface area contributed by atoms with Gasteiger partial charge in [0, 0.05) is 25.7 Å². The standard InChI is InChI=1S/C14H24N4/c1-6-18(10-11(2)3)14-8-7-13(16-17-14)9-15-12(4)5/h7-8,12,15H,2,6,9-10H2,1,3-5H3. The van der Waals surface area contributed by atoms with E-state index in [1.165, 1.54) is 0 Å². The molecule has 4 nitrogen and oxygen atoms in total. The Labute approximate surface area is 110 Å². The van der Waals surface area contributed by atoms with E-state index in [0.717, 1.165) is 36.7 Å². The largest absolute Gasteiger partial charge is 0.351 e. The third kappa shape index (κ3) is 4.84. The SMILES string of the molecule is C=C(C)CN(CC)c1ccc(CNC(C)C)nn1. The molecule has 0 saturated heterocycles. The molecule has 0 radical (unpaired) electrons. The lowest BCUT2D eigenvalue weighted by atomic mass is 10.3. The van der Waals surface area contributed by atoms with E-state index in [9.17, 15) is 0 Å². The van der Waals surface area contributed by atoms with Gasteiger partial charge in [-0.05, 0) is 26.0 Å². The average molecular weight is 248 g/mol. The second-order valence-corrected chi connectivity index (χ2v) is 4.89. The highest BCUT2D eigenvalue weighted by molar-refractivity contribution is 5.38. The highest BCUT2D eigenvalue weighted by Crippen LogP contribution is 2.10. The monoisotopic (exact) mass is 248 g/mol. The van der Waals surface area contributed by atoms with Crippen molar-refractivity contribution in [2.45, 2.75) is 40.3 Å². The highest BCUT2D eigenvalue weighted by atomic mass is 15.3. The number of aromatic nitrogens is 2. The lowest BCUT2D eigenvalue weighted by molar-refractivity contribution is 0.577. The maximum absolute atomic E-state index is 4.28. The van der Waals surface area contributed by atoms with Gasteiger partial charge in [0.2, 0.25) is 0 Å². The van der Waals surface area contributed by atoms with Gasteiger partial charge in [0.05, 0.1) is 5.69 Å². The first-order valence-electron chi connectivity index (χ1n) is 6.48. The van der Waals surface area contributed by atoms with Gasteiger partial charge in [-0.15, -0.1) is 5.10 Å². The summed E-state index contributed by atoms with van der Waals surface area (Å²) in [5, 5.41) is 11.8. The van der Waals surface area contributed by atoms with E-state index >= 15 is 0 Å². The smallest absolute Gasteiger partial charge is 0.151 e. The minimum Gasteiger partial charge on any atom is -0.351 e. The van der Waals surface area contributed by atoms with Crippen molar-refractivity contribution in [1.82, 2.24) is 15.5 Å². The van der Waals surface area contributed by atoms with Crippen molar-refractivity contribution in [3.8, 4) is 0 Å². The van der Waals surface area contributed by atoms with Crippen LogP contribution in [-0.4, -0.2) is 29.3 Å². The van der Waals surface area contributed by atoms with E-state index < -0.39 is 0 Å². The van der Waals surface area contributed by atoms with E-state index in [1.54, 1.807) is 0 Å². The maximum Gasteiger partial charge on any atom is 0.151 e. The molecule has 4 heteroatoms. The molecule has 1 N–H and O–H groups in total. The van der Waals surface area contributed by atoms with Gasteiger partial charge in [0.15, 0.2) is 5.82 Å². The van der Waals surface area contributed by atoms with Gasteiger partial charge >= 0.3 is 0 Å². The molecule has 1 heterocycles. The van der Waals surface area contributed by atoms with Crippen LogP contribution in [0.5, 0.6) is 0 Å². The summed E-state index contributed by atoms with van der Waals surface area (Å²) in [6.45, 7) is 14.8. The number of hydrogen-bond acceptors (Lipinski definition) is 4. The third-order valence-corrected chi connectivity index (χ3v) is 2.56. The fraction of sp³-hybridized carbons (Fsp3) is 0.571. The first-order chi connectivity index (χ1) is 8.52. The van der Waals surface area contributed by atoms with Gasteiger partial charge in [-0.2, -0.15) is 5.10 Å². The lowest BCUT2D eigenvalue weighted by Gasteiger charge is -2.21. The molecule has 1 rings (SSSR count). The van der Waals surface area contributed by atoms with Crippen LogP contribution in [0.4, 0.5) is 5.82 Å². The van der Waals surface area contributed by atoms with Crippen molar-refractivity contribution in [3.63, 3.8) is 0 Å². The minimum atomic E-state index is 0.460. The van der Waals surface area contributed by atoms with Crippen molar-refractivity contribution in [2.75, 3.05) is 18.0 Å². The minimum absolute atomic E-state index is 0.460. The second kappa shape index (κ2) is 7.11. The second-order valence-electron chi connectivity index (χ2n) is 4.89. The molecule has 0 atom stereocenters. The third-order valence-electron chi connectivity index (χ3n) is 2.56. The first-order valence-corrected chi connectivity index (χ1v) is 6.48. The highest BCUT2D eigenvalue weighted by Gasteiger charge is 2.06. The van der Waals surface area contributed by atoms with E-state index in [-0.39, 0.29) is 0 Å². The summed E-state index contributed by atoms with van der Waals surface area (Å²) in [6, 6.07) is 4.51. The fourth-order valence-electron chi connectivity index (χ4n) is 1.61. The number of nitrogens with zero attached hydrogens (tertiary/aromatic N) is 3. The molecule has 1 aromatic rings. The molecular formula is C14H24N4. The molecule has 0 spiro atoms. The number of nitrogens with one attached hydrogen (secondary N) is 1. The average Bonchev–Trinajstić information content (AvgIpc) is 2.34. The van der Waals surface area contributed by atoms with Crippen LogP contribution >= 0.6 is 0 Å². The zero-order valence-corrected chi connectivity index (χ0v) is 11.9. The van der Waals surface area contributed by atoms with E-state index in [0.29, 0.717) is 6.04 Å². The van der Waals surface area contributed by atoms with Gasteiger partial charge in [-0.3, -0.25) is 0 Å². The van der Waals surface area contributed by atoms with Crippen molar-refractivity contribution in [2.24, 2.45) is 0 Å². The Balaban J connectivity index is 2.65. The Morgan fingerprint density at radius 1 is 1.39 bits per heavy atom. The Hall–Kier alpha value is -1.42. The van der Waals surface area contributed by atoms with Crippen molar-refractivity contribution in [1.29, 1.82) is 0 Å². The van der Waals surface area contributed by atoms with Crippen LogP contribution in [0, 0.1) is 0 Å². The van der Waals surface area contributed by atoms with E-state index in [1.807, 2.05) is 19.1 Å². The molecule has 0 aromatic carbocycles. The van der Waals surface area contributed by atoms with Crippen LogP contribution in [0.2, 0.25) is 0 Å². The zero-order chi connectivity index (χ0) is 13.5. The Kier molecular flexibility index (Phi) is 5.78. The molecule has 0 aliphatic carbocycles. The van der Waals surface area contributed by atoms with Crippen molar-refractivity contribution in [3.05, 3.63) is 30.0 Å². The Morgan fingerprint density at radius 3 is 2.56 bits per heavy atom. The molecule has 0 fully saturated rings. The van der Waals surface area contributed by atoms with Gasteiger partial charge < -0.3 is 10.2 Å². The number of rotatable bonds is 7. The van der Waals surface area contributed by atoms with Crippen LogP contribution in [-0.2, 0) is 6.54 Å². The van der Waals surface area contributed by atoms with Crippen LogP contribution in [0.3, 0.4) is 0 Å². The summed E-state index contributed by atoms with van der Waals surface area (Å²) in [5.41, 5.74) is 2.10. The van der Waals surface area contributed by atoms with Crippen molar-refractivity contribution >= 4 is 5.82 Å². The Morgan fingerprint density at radius 2 is 2.11 bits per heavy atom. The molecular weight excluding hydrogens is 224 g/mol. The summed E-state index contributed by atoms with van der Waals surface area (Å²) in [7, 11) is 0. The van der Waals surface area contributed by atoms with Crippen LogP contribution in [0.1, 0.15) is 33.4 Å². The van der Waals surface area contributed by atoms with Crippen LogP contribution < -0.4 is 10.2 Å². The van der Waals surface area contributed by atoms with Gasteiger partial charge in [0.25, 0.3) is 0 Å². The molecule has 18 heavy (non-hydrogen) atoms. The first kappa shape index (κ1) is 14.6.